The van der Waals surface area contributed by atoms with Crippen molar-refractivity contribution in [3.05, 3.63) is 28.8 Å². The molecule has 0 unspecified atom stereocenters. The van der Waals surface area contributed by atoms with Gasteiger partial charge in [0.1, 0.15) is 5.75 Å². The average Bonchev–Trinajstić information content (AvgIpc) is 2.40. The molecule has 0 saturated carbocycles. The molecule has 1 saturated heterocycles. The topological polar surface area (TPSA) is 24.5 Å². The number of rotatable bonds is 4. The fraction of sp³-hybridized carbons (Fsp3) is 0.600. The minimum Gasteiger partial charge on any atom is -0.496 e. The lowest BCUT2D eigenvalue weighted by atomic mass is 9.99. The molecule has 3 nitrogen and oxygen atoms in total. The van der Waals surface area contributed by atoms with Crippen LogP contribution < -0.4 is 10.1 Å². The minimum atomic E-state index is -2.89. The Kier molecular flexibility index (Phi) is 4.60. The van der Waals surface area contributed by atoms with Crippen LogP contribution in [-0.2, 0) is 12.5 Å². The van der Waals surface area contributed by atoms with Crippen LogP contribution in [0.1, 0.15) is 23.6 Å². The maximum Gasteiger partial charge on any atom is 0.274 e. The largest absolute Gasteiger partial charge is 0.496 e. The van der Waals surface area contributed by atoms with E-state index in [2.05, 4.69) is 10.2 Å². The Morgan fingerprint density at radius 3 is 2.50 bits per heavy atom. The van der Waals surface area contributed by atoms with E-state index in [0.29, 0.717) is 12.3 Å². The molecule has 0 atom stereocenters. The lowest BCUT2D eigenvalue weighted by Crippen LogP contribution is -2.43. The van der Waals surface area contributed by atoms with Crippen LogP contribution in [0.15, 0.2) is 12.1 Å². The van der Waals surface area contributed by atoms with Crippen LogP contribution in [0, 0.1) is 6.92 Å². The third-order valence-corrected chi connectivity index (χ3v) is 3.76. The van der Waals surface area contributed by atoms with Gasteiger partial charge in [-0.3, -0.25) is 4.90 Å². The fourth-order valence-corrected chi connectivity index (χ4v) is 2.59. The van der Waals surface area contributed by atoms with Gasteiger partial charge in [-0.1, -0.05) is 6.07 Å². The van der Waals surface area contributed by atoms with Gasteiger partial charge in [-0.2, -0.15) is 0 Å². The van der Waals surface area contributed by atoms with E-state index in [4.69, 9.17) is 4.74 Å². The first-order valence-corrected chi connectivity index (χ1v) is 6.91. The van der Waals surface area contributed by atoms with E-state index in [9.17, 15) is 8.78 Å². The lowest BCUT2D eigenvalue weighted by molar-refractivity contribution is 0.0148. The number of ether oxygens (including phenoxy) is 1. The Bertz CT molecular complexity index is 466. The Hall–Kier alpha value is -1.20. The van der Waals surface area contributed by atoms with E-state index >= 15 is 0 Å². The molecule has 1 aliphatic rings. The molecule has 1 aliphatic heterocycles. The van der Waals surface area contributed by atoms with Crippen molar-refractivity contribution in [2.24, 2.45) is 0 Å². The first kappa shape index (κ1) is 15.2. The van der Waals surface area contributed by atoms with Crippen LogP contribution in [0.4, 0.5) is 8.78 Å². The summed E-state index contributed by atoms with van der Waals surface area (Å²) >= 11 is 0. The van der Waals surface area contributed by atoms with Crippen molar-refractivity contribution in [2.75, 3.05) is 33.3 Å². The lowest BCUT2D eigenvalue weighted by Gasteiger charge is -2.29. The summed E-state index contributed by atoms with van der Waals surface area (Å²) in [6.45, 7) is 7.23. The fourth-order valence-electron chi connectivity index (χ4n) is 2.59. The van der Waals surface area contributed by atoms with Gasteiger partial charge in [0.15, 0.2) is 0 Å². The molecular formula is C15H22F2N2O. The zero-order chi connectivity index (χ0) is 14.8. The number of hydrogen-bond donors (Lipinski definition) is 1. The van der Waals surface area contributed by atoms with Crippen molar-refractivity contribution in [1.29, 1.82) is 0 Å². The summed E-state index contributed by atoms with van der Waals surface area (Å²) in [6, 6.07) is 3.22. The van der Waals surface area contributed by atoms with Gasteiger partial charge in [0.2, 0.25) is 0 Å². The molecule has 1 heterocycles. The van der Waals surface area contributed by atoms with Crippen molar-refractivity contribution in [1.82, 2.24) is 10.2 Å². The number of halogens is 2. The number of nitrogens with zero attached hydrogens (tertiary/aromatic N) is 1. The van der Waals surface area contributed by atoms with Gasteiger partial charge in [0.05, 0.1) is 12.7 Å². The molecule has 1 fully saturated rings. The molecule has 0 bridgehead atoms. The number of alkyl halides is 2. The predicted octanol–water partition coefficient (Wildman–Crippen LogP) is 2.52. The highest BCUT2D eigenvalue weighted by Crippen LogP contribution is 2.38. The molecule has 5 heteroatoms. The summed E-state index contributed by atoms with van der Waals surface area (Å²) in [6.07, 6.45) is 0. The number of benzene rings is 1. The normalized spacial score (nSPS) is 17.2. The molecular weight excluding hydrogens is 262 g/mol. The Morgan fingerprint density at radius 1 is 1.30 bits per heavy atom. The second kappa shape index (κ2) is 6.06. The van der Waals surface area contributed by atoms with E-state index in [1.807, 2.05) is 6.92 Å². The SMILES string of the molecule is COc1c(C(C)(F)F)ccc(C)c1CN1CCNCC1. The van der Waals surface area contributed by atoms with Gasteiger partial charge in [-0.25, -0.2) is 8.78 Å². The quantitative estimate of drug-likeness (QED) is 0.919. The van der Waals surface area contributed by atoms with Gasteiger partial charge in [0, 0.05) is 45.2 Å². The molecule has 0 aromatic heterocycles. The van der Waals surface area contributed by atoms with E-state index < -0.39 is 5.92 Å². The van der Waals surface area contributed by atoms with Crippen molar-refractivity contribution in [3.63, 3.8) is 0 Å². The molecule has 0 radical (unpaired) electrons. The van der Waals surface area contributed by atoms with Crippen LogP contribution in [0.2, 0.25) is 0 Å². The third kappa shape index (κ3) is 3.27. The average molecular weight is 284 g/mol. The van der Waals surface area contributed by atoms with Gasteiger partial charge in [-0.15, -0.1) is 0 Å². The highest BCUT2D eigenvalue weighted by Gasteiger charge is 2.30. The van der Waals surface area contributed by atoms with Crippen LogP contribution in [-0.4, -0.2) is 38.2 Å². The summed E-state index contributed by atoms with van der Waals surface area (Å²) in [4.78, 5) is 2.26. The maximum absolute atomic E-state index is 13.7. The molecule has 1 aromatic carbocycles. The molecule has 0 amide bonds. The van der Waals surface area contributed by atoms with Gasteiger partial charge in [-0.05, 0) is 18.6 Å². The molecule has 0 spiro atoms. The van der Waals surface area contributed by atoms with E-state index in [-0.39, 0.29) is 5.56 Å². The molecule has 2 rings (SSSR count). The molecule has 1 aromatic rings. The highest BCUT2D eigenvalue weighted by atomic mass is 19.3. The summed E-state index contributed by atoms with van der Waals surface area (Å²) < 4.78 is 32.7. The van der Waals surface area contributed by atoms with E-state index in [1.165, 1.54) is 13.2 Å². The van der Waals surface area contributed by atoms with Crippen molar-refractivity contribution in [3.8, 4) is 5.75 Å². The van der Waals surface area contributed by atoms with Crippen LogP contribution >= 0.6 is 0 Å². The molecule has 112 valence electrons. The smallest absolute Gasteiger partial charge is 0.274 e. The van der Waals surface area contributed by atoms with Crippen molar-refractivity contribution >= 4 is 0 Å². The summed E-state index contributed by atoms with van der Waals surface area (Å²) in [5, 5.41) is 3.29. The summed E-state index contributed by atoms with van der Waals surface area (Å²) in [7, 11) is 1.46. The van der Waals surface area contributed by atoms with Gasteiger partial charge < -0.3 is 10.1 Å². The zero-order valence-corrected chi connectivity index (χ0v) is 12.3. The number of piperazine rings is 1. The van der Waals surface area contributed by atoms with Gasteiger partial charge >= 0.3 is 0 Å². The number of methoxy groups -OCH3 is 1. The highest BCUT2D eigenvalue weighted by molar-refractivity contribution is 5.48. The monoisotopic (exact) mass is 284 g/mol. The van der Waals surface area contributed by atoms with Gasteiger partial charge in [0.25, 0.3) is 5.92 Å². The zero-order valence-electron chi connectivity index (χ0n) is 12.3. The first-order chi connectivity index (χ1) is 9.43. The Balaban J connectivity index is 2.34. The predicted molar refractivity (Wildman–Crippen MR) is 75.4 cm³/mol. The molecule has 1 N–H and O–H groups in total. The van der Waals surface area contributed by atoms with Crippen molar-refractivity contribution < 1.29 is 13.5 Å². The Morgan fingerprint density at radius 2 is 1.95 bits per heavy atom. The number of nitrogens with one attached hydrogen (secondary N) is 1. The van der Waals surface area contributed by atoms with Crippen LogP contribution in [0.25, 0.3) is 0 Å². The second-order valence-corrected chi connectivity index (χ2v) is 5.36. The first-order valence-electron chi connectivity index (χ1n) is 6.91. The van der Waals surface area contributed by atoms with Crippen LogP contribution in [0.5, 0.6) is 5.75 Å². The van der Waals surface area contributed by atoms with Crippen molar-refractivity contribution in [2.45, 2.75) is 26.3 Å². The maximum atomic E-state index is 13.7. The summed E-state index contributed by atoms with van der Waals surface area (Å²) in [5.74, 6) is -2.56. The minimum absolute atomic E-state index is 0.0317. The standard InChI is InChI=1S/C15H22F2N2O/c1-11-4-5-13(15(2,16)17)14(20-3)12(11)10-19-8-6-18-7-9-19/h4-5,18H,6-10H2,1-3H3. The third-order valence-electron chi connectivity index (χ3n) is 3.76. The second-order valence-electron chi connectivity index (χ2n) is 5.36. The number of aryl methyl sites for hydroxylation is 1. The Labute approximate surface area is 118 Å². The van der Waals surface area contributed by atoms with E-state index in [1.54, 1.807) is 6.07 Å². The number of hydrogen-bond acceptors (Lipinski definition) is 3. The van der Waals surface area contributed by atoms with Crippen LogP contribution in [0.3, 0.4) is 0 Å². The molecule has 20 heavy (non-hydrogen) atoms. The van der Waals surface area contributed by atoms with E-state index in [0.717, 1.165) is 44.2 Å². The molecule has 0 aliphatic carbocycles. The summed E-state index contributed by atoms with van der Waals surface area (Å²) in [5.41, 5.74) is 1.83.